The summed E-state index contributed by atoms with van der Waals surface area (Å²) in [5, 5.41) is 9.87. The Morgan fingerprint density at radius 3 is 2.60 bits per heavy atom. The van der Waals surface area contributed by atoms with Gasteiger partial charge in [0.15, 0.2) is 0 Å². The molecule has 1 amide bonds. The zero-order valence-corrected chi connectivity index (χ0v) is 16.3. The zero-order valence-electron chi connectivity index (χ0n) is 14.8. The van der Waals surface area contributed by atoms with Crippen molar-refractivity contribution in [3.05, 3.63) is 27.7 Å². The predicted octanol–water partition coefficient (Wildman–Crippen LogP) is 5.36. The summed E-state index contributed by atoms with van der Waals surface area (Å²) in [5.74, 6) is 0.561. The van der Waals surface area contributed by atoms with Crippen LogP contribution in [0.1, 0.15) is 51.6 Å². The maximum Gasteiger partial charge on any atom is 0.411 e. The standard InChI is InChI=1S/C18H22Cl2N2O3/c1-18(2,3)25-17(23)22-11(9-10-21)5-7-13(22)15-14(24-4)8-6-12(19)16(15)20/h6,8,11,13H,5,7,9H2,1-4H3/t11-,13+/m0/s1. The molecular formula is C18H22Cl2N2O3. The Balaban J connectivity index is 2.47. The number of halogens is 2. The molecule has 1 saturated heterocycles. The van der Waals surface area contributed by atoms with Crippen molar-refractivity contribution in [2.45, 2.75) is 57.7 Å². The summed E-state index contributed by atoms with van der Waals surface area (Å²) in [4.78, 5) is 14.4. The largest absolute Gasteiger partial charge is 0.496 e. The fraction of sp³-hybridized carbons (Fsp3) is 0.556. The molecule has 1 aliphatic rings. The molecule has 25 heavy (non-hydrogen) atoms. The van der Waals surface area contributed by atoms with Crippen LogP contribution in [0.15, 0.2) is 12.1 Å². The quantitative estimate of drug-likeness (QED) is 0.703. The van der Waals surface area contributed by atoms with Crippen LogP contribution in [0.3, 0.4) is 0 Å². The highest BCUT2D eigenvalue weighted by Gasteiger charge is 2.42. The number of likely N-dealkylation sites (tertiary alicyclic amines) is 1. The van der Waals surface area contributed by atoms with Crippen LogP contribution in [0.4, 0.5) is 4.79 Å². The van der Waals surface area contributed by atoms with E-state index in [1.807, 2.05) is 20.8 Å². The number of amides is 1. The summed E-state index contributed by atoms with van der Waals surface area (Å²) < 4.78 is 11.0. The van der Waals surface area contributed by atoms with Crippen LogP contribution in [-0.4, -0.2) is 29.7 Å². The summed E-state index contributed by atoms with van der Waals surface area (Å²) >= 11 is 12.6. The molecule has 0 spiro atoms. The van der Waals surface area contributed by atoms with Gasteiger partial charge in [-0.15, -0.1) is 0 Å². The van der Waals surface area contributed by atoms with Gasteiger partial charge in [-0.2, -0.15) is 5.26 Å². The lowest BCUT2D eigenvalue weighted by Crippen LogP contribution is -2.41. The van der Waals surface area contributed by atoms with E-state index >= 15 is 0 Å². The normalized spacial score (nSPS) is 20.3. The minimum absolute atomic E-state index is 0.232. The second-order valence-corrected chi connectivity index (χ2v) is 7.76. The molecule has 1 aromatic carbocycles. The predicted molar refractivity (Wildman–Crippen MR) is 97.1 cm³/mol. The first-order valence-electron chi connectivity index (χ1n) is 8.09. The van der Waals surface area contributed by atoms with E-state index in [1.54, 1.807) is 24.1 Å². The maximum absolute atomic E-state index is 12.8. The number of rotatable bonds is 3. The van der Waals surface area contributed by atoms with Crippen molar-refractivity contribution in [3.8, 4) is 11.8 Å². The average molecular weight is 385 g/mol. The topological polar surface area (TPSA) is 62.6 Å². The van der Waals surface area contributed by atoms with Crippen molar-refractivity contribution in [2.24, 2.45) is 0 Å². The summed E-state index contributed by atoms with van der Waals surface area (Å²) in [6.45, 7) is 5.42. The highest BCUT2D eigenvalue weighted by atomic mass is 35.5. The lowest BCUT2D eigenvalue weighted by Gasteiger charge is -2.33. The second kappa shape index (κ2) is 7.72. The van der Waals surface area contributed by atoms with Gasteiger partial charge in [0.05, 0.1) is 35.7 Å². The summed E-state index contributed by atoms with van der Waals surface area (Å²) in [6, 6.07) is 4.95. The third-order valence-electron chi connectivity index (χ3n) is 4.08. The molecule has 136 valence electrons. The Hall–Kier alpha value is -1.64. The number of nitriles is 1. The van der Waals surface area contributed by atoms with Crippen molar-refractivity contribution >= 4 is 29.3 Å². The monoisotopic (exact) mass is 384 g/mol. The van der Waals surface area contributed by atoms with Crippen LogP contribution in [0.2, 0.25) is 10.0 Å². The van der Waals surface area contributed by atoms with Gasteiger partial charge >= 0.3 is 6.09 Å². The maximum atomic E-state index is 12.8. The number of methoxy groups -OCH3 is 1. The van der Waals surface area contributed by atoms with E-state index in [2.05, 4.69) is 6.07 Å². The summed E-state index contributed by atoms with van der Waals surface area (Å²) in [6.07, 6.45) is 1.11. The molecule has 1 aromatic rings. The Labute approximate surface area is 158 Å². The van der Waals surface area contributed by atoms with Gasteiger partial charge in [0.2, 0.25) is 0 Å². The van der Waals surface area contributed by atoms with E-state index in [0.717, 1.165) is 0 Å². The van der Waals surface area contributed by atoms with Crippen LogP contribution in [0, 0.1) is 11.3 Å². The van der Waals surface area contributed by atoms with E-state index in [-0.39, 0.29) is 18.5 Å². The molecule has 7 heteroatoms. The third-order valence-corrected chi connectivity index (χ3v) is 4.90. The van der Waals surface area contributed by atoms with Gasteiger partial charge in [-0.05, 0) is 45.7 Å². The molecule has 5 nitrogen and oxygen atoms in total. The number of nitrogens with zero attached hydrogens (tertiary/aromatic N) is 2. The fourth-order valence-corrected chi connectivity index (χ4v) is 3.55. The Bertz CT molecular complexity index is 695. The van der Waals surface area contributed by atoms with Crippen molar-refractivity contribution in [1.82, 2.24) is 4.90 Å². The number of hydrogen-bond donors (Lipinski definition) is 0. The number of hydrogen-bond acceptors (Lipinski definition) is 4. The highest BCUT2D eigenvalue weighted by Crippen LogP contribution is 2.46. The molecule has 1 heterocycles. The molecule has 0 bridgehead atoms. The summed E-state index contributed by atoms with van der Waals surface area (Å²) in [5.41, 5.74) is 0.0202. The SMILES string of the molecule is COc1ccc(Cl)c(Cl)c1[C@H]1CC[C@@H](CC#N)N1C(=O)OC(C)(C)C. The van der Waals surface area contributed by atoms with E-state index in [0.29, 0.717) is 34.2 Å². The number of carbonyl (C=O) groups is 1. The van der Waals surface area contributed by atoms with Crippen molar-refractivity contribution in [2.75, 3.05) is 7.11 Å². The number of carbonyl (C=O) groups excluding carboxylic acids is 1. The van der Waals surface area contributed by atoms with Gasteiger partial charge in [-0.1, -0.05) is 23.2 Å². The van der Waals surface area contributed by atoms with E-state index < -0.39 is 11.7 Å². The molecule has 0 saturated carbocycles. The fourth-order valence-electron chi connectivity index (χ4n) is 3.10. The van der Waals surface area contributed by atoms with Gasteiger partial charge < -0.3 is 9.47 Å². The lowest BCUT2D eigenvalue weighted by molar-refractivity contribution is 0.0146. The minimum Gasteiger partial charge on any atom is -0.496 e. The number of benzene rings is 1. The Morgan fingerprint density at radius 1 is 1.36 bits per heavy atom. The van der Waals surface area contributed by atoms with Crippen molar-refractivity contribution in [1.29, 1.82) is 5.26 Å². The molecule has 0 unspecified atom stereocenters. The van der Waals surface area contributed by atoms with E-state index in [1.165, 1.54) is 0 Å². The molecule has 0 radical (unpaired) electrons. The van der Waals surface area contributed by atoms with Gasteiger partial charge in [0.25, 0.3) is 0 Å². The van der Waals surface area contributed by atoms with Crippen molar-refractivity contribution < 1.29 is 14.3 Å². The molecule has 2 rings (SSSR count). The Kier molecular flexibility index (Phi) is 6.08. The van der Waals surface area contributed by atoms with Crippen LogP contribution in [0.25, 0.3) is 0 Å². The zero-order chi connectivity index (χ0) is 18.8. The lowest BCUT2D eigenvalue weighted by atomic mass is 10.0. The molecule has 1 aliphatic heterocycles. The first kappa shape index (κ1) is 19.7. The van der Waals surface area contributed by atoms with Gasteiger partial charge in [-0.25, -0.2) is 4.79 Å². The first-order valence-corrected chi connectivity index (χ1v) is 8.85. The highest BCUT2D eigenvalue weighted by molar-refractivity contribution is 6.42. The molecule has 0 aromatic heterocycles. The van der Waals surface area contributed by atoms with Gasteiger partial charge in [0.1, 0.15) is 11.4 Å². The molecule has 1 fully saturated rings. The third kappa shape index (κ3) is 4.31. The molecule has 0 N–H and O–H groups in total. The summed E-state index contributed by atoms with van der Waals surface area (Å²) in [7, 11) is 1.54. The Morgan fingerprint density at radius 2 is 2.04 bits per heavy atom. The molecule has 0 aliphatic carbocycles. The van der Waals surface area contributed by atoms with Gasteiger partial charge in [-0.3, -0.25) is 4.90 Å². The van der Waals surface area contributed by atoms with Crippen LogP contribution >= 0.6 is 23.2 Å². The van der Waals surface area contributed by atoms with Crippen molar-refractivity contribution in [3.63, 3.8) is 0 Å². The molecule has 2 atom stereocenters. The smallest absolute Gasteiger partial charge is 0.411 e. The van der Waals surface area contributed by atoms with Crippen LogP contribution < -0.4 is 4.74 Å². The average Bonchev–Trinajstić information content (AvgIpc) is 2.92. The van der Waals surface area contributed by atoms with Gasteiger partial charge in [0, 0.05) is 11.6 Å². The number of ether oxygens (including phenoxy) is 2. The minimum atomic E-state index is -0.635. The molecular weight excluding hydrogens is 363 g/mol. The second-order valence-electron chi connectivity index (χ2n) is 6.97. The van der Waals surface area contributed by atoms with Crippen LogP contribution in [0.5, 0.6) is 5.75 Å². The van der Waals surface area contributed by atoms with Crippen LogP contribution in [-0.2, 0) is 4.74 Å². The first-order chi connectivity index (χ1) is 11.7. The van der Waals surface area contributed by atoms with E-state index in [4.69, 9.17) is 37.9 Å². The van der Waals surface area contributed by atoms with E-state index in [9.17, 15) is 4.79 Å².